The summed E-state index contributed by atoms with van der Waals surface area (Å²) in [6.07, 6.45) is 0. The lowest BCUT2D eigenvalue weighted by Crippen LogP contribution is -2.13. The van der Waals surface area contributed by atoms with E-state index < -0.39 is 11.9 Å². The summed E-state index contributed by atoms with van der Waals surface area (Å²) in [6, 6.07) is 13.9. The third-order valence-electron chi connectivity index (χ3n) is 2.72. The Labute approximate surface area is 110 Å². The molecule has 0 aliphatic heterocycles. The Morgan fingerprint density at radius 3 is 2.39 bits per heavy atom. The number of anilines is 1. The van der Waals surface area contributed by atoms with Crippen molar-refractivity contribution in [2.24, 2.45) is 0 Å². The van der Waals surface area contributed by atoms with Gasteiger partial charge in [-0.2, -0.15) is 0 Å². The quantitative estimate of drug-likeness (QED) is 0.835. The van der Waals surface area contributed by atoms with Crippen molar-refractivity contribution >= 4 is 23.3 Å². The van der Waals surface area contributed by atoms with Gasteiger partial charge in [-0.15, -0.1) is 0 Å². The first-order valence-corrected chi connectivity index (χ1v) is 5.80. The average molecular weight is 262 g/mol. The summed E-state index contributed by atoms with van der Waals surface area (Å²) in [5.41, 5.74) is 7.36. The predicted octanol–water partition coefficient (Wildman–Crippen LogP) is 3.14. The number of halogens is 1. The molecule has 0 fully saturated rings. The van der Waals surface area contributed by atoms with E-state index in [1.165, 1.54) is 0 Å². The maximum Gasteiger partial charge on any atom is 0.315 e. The summed E-state index contributed by atoms with van der Waals surface area (Å²) in [7, 11) is 0. The third-order valence-corrected chi connectivity index (χ3v) is 3.04. The molecule has 2 rings (SSSR count). The fraction of sp³-hybridized carbons (Fsp3) is 0.0714. The molecule has 1 unspecified atom stereocenters. The van der Waals surface area contributed by atoms with Crippen LogP contribution in [0.15, 0.2) is 48.5 Å². The van der Waals surface area contributed by atoms with Crippen molar-refractivity contribution in [2.75, 3.05) is 5.73 Å². The van der Waals surface area contributed by atoms with Gasteiger partial charge in [0.2, 0.25) is 0 Å². The van der Waals surface area contributed by atoms with Crippen molar-refractivity contribution in [3.05, 3.63) is 64.7 Å². The lowest BCUT2D eigenvalue weighted by atomic mass is 9.91. The van der Waals surface area contributed by atoms with E-state index in [0.29, 0.717) is 21.8 Å². The van der Waals surface area contributed by atoms with E-state index in [1.807, 2.05) is 6.07 Å². The Morgan fingerprint density at radius 1 is 1.17 bits per heavy atom. The molecule has 4 heteroatoms. The first-order chi connectivity index (χ1) is 8.59. The molecule has 0 amide bonds. The molecule has 18 heavy (non-hydrogen) atoms. The molecular weight excluding hydrogens is 250 g/mol. The summed E-state index contributed by atoms with van der Waals surface area (Å²) in [5.74, 6) is -1.72. The first-order valence-electron chi connectivity index (χ1n) is 5.42. The highest BCUT2D eigenvalue weighted by Crippen LogP contribution is 2.31. The number of nitrogens with two attached hydrogens (primary N) is 1. The first kappa shape index (κ1) is 12.5. The number of rotatable bonds is 3. The van der Waals surface area contributed by atoms with E-state index in [2.05, 4.69) is 0 Å². The highest BCUT2D eigenvalue weighted by molar-refractivity contribution is 6.32. The van der Waals surface area contributed by atoms with Crippen LogP contribution in [0.25, 0.3) is 0 Å². The number of nitrogen functional groups attached to an aromatic ring is 1. The van der Waals surface area contributed by atoms with Crippen molar-refractivity contribution in [3.8, 4) is 0 Å². The number of carboxylic acid groups (broad SMARTS) is 1. The van der Waals surface area contributed by atoms with Crippen LogP contribution >= 0.6 is 11.6 Å². The monoisotopic (exact) mass is 261 g/mol. The number of carboxylic acids is 1. The van der Waals surface area contributed by atoms with Crippen molar-refractivity contribution in [3.63, 3.8) is 0 Å². The van der Waals surface area contributed by atoms with Crippen LogP contribution in [0.1, 0.15) is 17.0 Å². The van der Waals surface area contributed by atoms with Gasteiger partial charge in [-0.25, -0.2) is 0 Å². The van der Waals surface area contributed by atoms with Crippen LogP contribution in [0.3, 0.4) is 0 Å². The SMILES string of the molecule is Nc1ccc(C(C(=O)O)c2ccccc2)c(Cl)c1. The van der Waals surface area contributed by atoms with Gasteiger partial charge in [0.25, 0.3) is 0 Å². The maximum atomic E-state index is 11.4. The molecule has 0 saturated heterocycles. The molecule has 1 atom stereocenters. The molecule has 0 radical (unpaired) electrons. The fourth-order valence-electron chi connectivity index (χ4n) is 1.88. The number of hydrogen-bond acceptors (Lipinski definition) is 2. The van der Waals surface area contributed by atoms with Crippen molar-refractivity contribution in [1.29, 1.82) is 0 Å². The molecule has 0 aliphatic rings. The molecule has 2 aromatic carbocycles. The van der Waals surface area contributed by atoms with Gasteiger partial charge in [-0.1, -0.05) is 48.0 Å². The van der Waals surface area contributed by atoms with Crippen LogP contribution in [-0.2, 0) is 4.79 Å². The molecule has 2 aromatic rings. The molecular formula is C14H12ClNO2. The number of aliphatic carboxylic acids is 1. The van der Waals surface area contributed by atoms with Crippen LogP contribution < -0.4 is 5.73 Å². The van der Waals surface area contributed by atoms with E-state index in [9.17, 15) is 9.90 Å². The molecule has 3 N–H and O–H groups in total. The molecule has 0 saturated carbocycles. The van der Waals surface area contributed by atoms with Crippen LogP contribution in [0.5, 0.6) is 0 Å². The van der Waals surface area contributed by atoms with E-state index in [4.69, 9.17) is 17.3 Å². The van der Waals surface area contributed by atoms with E-state index in [-0.39, 0.29) is 0 Å². The van der Waals surface area contributed by atoms with E-state index in [0.717, 1.165) is 0 Å². The molecule has 0 heterocycles. The Bertz CT molecular complexity index is 569. The van der Waals surface area contributed by atoms with Crippen LogP contribution in [0.2, 0.25) is 5.02 Å². The van der Waals surface area contributed by atoms with Gasteiger partial charge in [0, 0.05) is 10.7 Å². The number of benzene rings is 2. The lowest BCUT2D eigenvalue weighted by Gasteiger charge is -2.15. The Hall–Kier alpha value is -2.00. The van der Waals surface area contributed by atoms with Crippen molar-refractivity contribution in [1.82, 2.24) is 0 Å². The number of carbonyl (C=O) groups is 1. The highest BCUT2D eigenvalue weighted by Gasteiger charge is 2.24. The molecule has 3 nitrogen and oxygen atoms in total. The smallest absolute Gasteiger partial charge is 0.315 e. The highest BCUT2D eigenvalue weighted by atomic mass is 35.5. The normalized spacial score (nSPS) is 12.1. The second-order valence-electron chi connectivity index (χ2n) is 3.96. The summed E-state index contributed by atoms with van der Waals surface area (Å²) >= 11 is 6.07. The standard InChI is InChI=1S/C14H12ClNO2/c15-12-8-10(16)6-7-11(12)13(14(17)18)9-4-2-1-3-5-9/h1-8,13H,16H2,(H,17,18). The Morgan fingerprint density at radius 2 is 1.83 bits per heavy atom. The van der Waals surface area contributed by atoms with Gasteiger partial charge in [0.15, 0.2) is 0 Å². The Kier molecular flexibility index (Phi) is 3.53. The van der Waals surface area contributed by atoms with Crippen LogP contribution in [0, 0.1) is 0 Å². The average Bonchev–Trinajstić information content (AvgIpc) is 2.33. The van der Waals surface area contributed by atoms with Crippen molar-refractivity contribution < 1.29 is 9.90 Å². The van der Waals surface area contributed by atoms with Gasteiger partial charge in [-0.3, -0.25) is 4.79 Å². The van der Waals surface area contributed by atoms with Crippen molar-refractivity contribution in [2.45, 2.75) is 5.92 Å². The largest absolute Gasteiger partial charge is 0.481 e. The van der Waals surface area contributed by atoms with E-state index in [1.54, 1.807) is 42.5 Å². The van der Waals surface area contributed by atoms with Gasteiger partial charge >= 0.3 is 5.97 Å². The topological polar surface area (TPSA) is 63.3 Å². The molecule has 0 aromatic heterocycles. The van der Waals surface area contributed by atoms with Crippen LogP contribution in [-0.4, -0.2) is 11.1 Å². The van der Waals surface area contributed by atoms with E-state index >= 15 is 0 Å². The minimum atomic E-state index is -0.937. The van der Waals surface area contributed by atoms with Gasteiger partial charge in [0.05, 0.1) is 0 Å². The summed E-state index contributed by atoms with van der Waals surface area (Å²) < 4.78 is 0. The second kappa shape index (κ2) is 5.10. The second-order valence-corrected chi connectivity index (χ2v) is 4.37. The maximum absolute atomic E-state index is 11.4. The predicted molar refractivity (Wildman–Crippen MR) is 71.8 cm³/mol. The molecule has 92 valence electrons. The minimum Gasteiger partial charge on any atom is -0.481 e. The van der Waals surface area contributed by atoms with Gasteiger partial charge in [-0.05, 0) is 23.3 Å². The minimum absolute atomic E-state index is 0.367. The summed E-state index contributed by atoms with van der Waals surface area (Å²) in [4.78, 5) is 11.4. The third kappa shape index (κ3) is 2.46. The lowest BCUT2D eigenvalue weighted by molar-refractivity contribution is -0.137. The molecule has 0 spiro atoms. The fourth-order valence-corrected chi connectivity index (χ4v) is 2.18. The van der Waals surface area contributed by atoms with Gasteiger partial charge in [0.1, 0.15) is 5.92 Å². The zero-order valence-electron chi connectivity index (χ0n) is 9.51. The zero-order chi connectivity index (χ0) is 13.1. The number of hydrogen-bond donors (Lipinski definition) is 2. The molecule has 0 aliphatic carbocycles. The summed E-state index contributed by atoms with van der Waals surface area (Å²) in [5, 5.41) is 9.75. The zero-order valence-corrected chi connectivity index (χ0v) is 10.3. The van der Waals surface area contributed by atoms with Gasteiger partial charge < -0.3 is 10.8 Å². The van der Waals surface area contributed by atoms with Crippen LogP contribution in [0.4, 0.5) is 5.69 Å². The molecule has 0 bridgehead atoms. The Balaban J connectivity index is 2.52. The summed E-state index contributed by atoms with van der Waals surface area (Å²) in [6.45, 7) is 0.